The van der Waals surface area contributed by atoms with Crippen LogP contribution in [0.2, 0.25) is 5.02 Å². The van der Waals surface area contributed by atoms with Crippen molar-refractivity contribution in [3.8, 4) is 0 Å². The summed E-state index contributed by atoms with van der Waals surface area (Å²) < 4.78 is 14.5. The van der Waals surface area contributed by atoms with Crippen LogP contribution < -0.4 is 15.9 Å². The van der Waals surface area contributed by atoms with Gasteiger partial charge in [0.2, 0.25) is 5.95 Å². The molecule has 8 heteroatoms. The van der Waals surface area contributed by atoms with Crippen molar-refractivity contribution in [3.05, 3.63) is 81.7 Å². The van der Waals surface area contributed by atoms with Crippen LogP contribution in [0, 0.1) is 5.82 Å². The van der Waals surface area contributed by atoms with E-state index in [1.54, 1.807) is 30.6 Å². The van der Waals surface area contributed by atoms with Gasteiger partial charge >= 0.3 is 5.69 Å². The Morgan fingerprint density at radius 1 is 1.07 bits per heavy atom. The second-order valence-electron chi connectivity index (χ2n) is 7.11. The van der Waals surface area contributed by atoms with E-state index in [4.69, 9.17) is 11.6 Å². The van der Waals surface area contributed by atoms with Crippen molar-refractivity contribution in [1.82, 2.24) is 14.5 Å². The van der Waals surface area contributed by atoms with E-state index in [1.165, 1.54) is 16.7 Å². The average Bonchev–Trinajstić information content (AvgIpc) is 2.73. The largest absolute Gasteiger partial charge is 0.382 e. The first-order chi connectivity index (χ1) is 14.1. The summed E-state index contributed by atoms with van der Waals surface area (Å²) in [6.45, 7) is 1.90. The van der Waals surface area contributed by atoms with Crippen LogP contribution in [0.3, 0.4) is 0 Å². The lowest BCUT2D eigenvalue weighted by Gasteiger charge is -2.32. The number of aromatic nitrogens is 3. The summed E-state index contributed by atoms with van der Waals surface area (Å²) in [6, 6.07) is 14.0. The Kier molecular flexibility index (Phi) is 5.76. The Morgan fingerprint density at radius 2 is 1.76 bits per heavy atom. The lowest BCUT2D eigenvalue weighted by Crippen LogP contribution is -2.41. The standard InChI is InChI=1S/C21H21ClFN5O/c22-16-3-1-15(2-4-16)13-28-14-24-20(26-21(28)29)27-11-9-19(10-12-27)25-18-7-5-17(23)6-8-18/h1-8,14,19,25H,9-13H2. The van der Waals surface area contributed by atoms with Gasteiger partial charge in [-0.2, -0.15) is 4.98 Å². The van der Waals surface area contributed by atoms with Crippen LogP contribution in [0.25, 0.3) is 0 Å². The molecule has 29 heavy (non-hydrogen) atoms. The molecule has 1 aromatic heterocycles. The predicted octanol–water partition coefficient (Wildman–Crippen LogP) is 3.56. The Morgan fingerprint density at radius 3 is 2.41 bits per heavy atom. The summed E-state index contributed by atoms with van der Waals surface area (Å²) in [5.41, 5.74) is 1.54. The second kappa shape index (κ2) is 8.61. The van der Waals surface area contributed by atoms with E-state index in [0.717, 1.165) is 37.2 Å². The molecule has 1 fully saturated rings. The highest BCUT2D eigenvalue weighted by atomic mass is 35.5. The first-order valence-corrected chi connectivity index (χ1v) is 9.89. The van der Waals surface area contributed by atoms with E-state index in [-0.39, 0.29) is 11.5 Å². The molecule has 6 nitrogen and oxygen atoms in total. The SMILES string of the molecule is O=c1nc(N2CCC(Nc3ccc(F)cc3)CC2)ncn1Cc1ccc(Cl)cc1. The topological polar surface area (TPSA) is 63.1 Å². The van der Waals surface area contributed by atoms with Gasteiger partial charge in [-0.25, -0.2) is 14.2 Å². The molecule has 3 aromatic rings. The van der Waals surface area contributed by atoms with Crippen LogP contribution >= 0.6 is 11.6 Å². The normalized spacial score (nSPS) is 14.8. The maximum atomic E-state index is 13.0. The maximum Gasteiger partial charge on any atom is 0.352 e. The molecular formula is C21H21ClFN5O. The van der Waals surface area contributed by atoms with Gasteiger partial charge in [-0.05, 0) is 54.8 Å². The van der Waals surface area contributed by atoms with Crippen LogP contribution in [0.4, 0.5) is 16.0 Å². The van der Waals surface area contributed by atoms with E-state index in [9.17, 15) is 9.18 Å². The van der Waals surface area contributed by atoms with E-state index in [2.05, 4.69) is 15.3 Å². The van der Waals surface area contributed by atoms with Gasteiger partial charge in [-0.3, -0.25) is 4.57 Å². The third kappa shape index (κ3) is 4.92. The Labute approximate surface area is 173 Å². The minimum Gasteiger partial charge on any atom is -0.382 e. The van der Waals surface area contributed by atoms with E-state index in [1.807, 2.05) is 17.0 Å². The van der Waals surface area contributed by atoms with Crippen LogP contribution in [0.1, 0.15) is 18.4 Å². The number of benzene rings is 2. The van der Waals surface area contributed by atoms with Gasteiger partial charge < -0.3 is 10.2 Å². The van der Waals surface area contributed by atoms with E-state index < -0.39 is 0 Å². The molecule has 2 heterocycles. The fourth-order valence-corrected chi connectivity index (χ4v) is 3.53. The van der Waals surface area contributed by atoms with Crippen molar-refractivity contribution in [2.24, 2.45) is 0 Å². The first kappa shape index (κ1) is 19.4. The van der Waals surface area contributed by atoms with Crippen molar-refractivity contribution in [3.63, 3.8) is 0 Å². The molecule has 1 aliphatic rings. The number of hydrogen-bond donors (Lipinski definition) is 1. The number of nitrogens with one attached hydrogen (secondary N) is 1. The van der Waals surface area contributed by atoms with Gasteiger partial charge in [-0.15, -0.1) is 0 Å². The molecular weight excluding hydrogens is 393 g/mol. The summed E-state index contributed by atoms with van der Waals surface area (Å²) >= 11 is 5.90. The molecule has 1 N–H and O–H groups in total. The van der Waals surface area contributed by atoms with Crippen LogP contribution in [0.15, 0.2) is 59.7 Å². The van der Waals surface area contributed by atoms with Gasteiger partial charge in [0, 0.05) is 29.8 Å². The number of rotatable bonds is 5. The van der Waals surface area contributed by atoms with Crippen LogP contribution in [0.5, 0.6) is 0 Å². The highest BCUT2D eigenvalue weighted by Crippen LogP contribution is 2.19. The molecule has 4 rings (SSSR count). The molecule has 0 unspecified atom stereocenters. The fraction of sp³-hybridized carbons (Fsp3) is 0.286. The van der Waals surface area contributed by atoms with Gasteiger partial charge in [-0.1, -0.05) is 23.7 Å². The molecule has 0 spiro atoms. The Hall–Kier alpha value is -2.93. The molecule has 0 bridgehead atoms. The summed E-state index contributed by atoms with van der Waals surface area (Å²) in [6.07, 6.45) is 3.31. The minimum atomic E-state index is -0.323. The number of nitrogens with zero attached hydrogens (tertiary/aromatic N) is 4. The van der Waals surface area contributed by atoms with Crippen molar-refractivity contribution in [1.29, 1.82) is 0 Å². The Bertz CT molecular complexity index is 1010. The first-order valence-electron chi connectivity index (χ1n) is 9.52. The maximum absolute atomic E-state index is 13.0. The third-order valence-electron chi connectivity index (χ3n) is 5.01. The molecule has 0 atom stereocenters. The highest BCUT2D eigenvalue weighted by molar-refractivity contribution is 6.30. The minimum absolute atomic E-state index is 0.242. The molecule has 1 saturated heterocycles. The Balaban J connectivity index is 1.36. The number of hydrogen-bond acceptors (Lipinski definition) is 5. The van der Waals surface area contributed by atoms with Crippen molar-refractivity contribution >= 4 is 23.2 Å². The van der Waals surface area contributed by atoms with Gasteiger partial charge in [0.25, 0.3) is 0 Å². The molecule has 1 aliphatic heterocycles. The highest BCUT2D eigenvalue weighted by Gasteiger charge is 2.21. The summed E-state index contributed by atoms with van der Waals surface area (Å²) in [4.78, 5) is 23.0. The fourth-order valence-electron chi connectivity index (χ4n) is 3.40. The number of anilines is 2. The lowest BCUT2D eigenvalue weighted by atomic mass is 10.0. The van der Waals surface area contributed by atoms with Crippen molar-refractivity contribution < 1.29 is 4.39 Å². The quantitative estimate of drug-likeness (QED) is 0.693. The number of piperidine rings is 1. The van der Waals surface area contributed by atoms with Gasteiger partial charge in [0.15, 0.2) is 0 Å². The van der Waals surface area contributed by atoms with Gasteiger partial charge in [0.1, 0.15) is 12.1 Å². The monoisotopic (exact) mass is 413 g/mol. The van der Waals surface area contributed by atoms with Crippen molar-refractivity contribution in [2.45, 2.75) is 25.4 Å². The van der Waals surface area contributed by atoms with E-state index >= 15 is 0 Å². The smallest absolute Gasteiger partial charge is 0.352 e. The predicted molar refractivity (Wildman–Crippen MR) is 112 cm³/mol. The summed E-state index contributed by atoms with van der Waals surface area (Å²) in [7, 11) is 0. The molecule has 2 aromatic carbocycles. The molecule has 0 amide bonds. The molecule has 0 radical (unpaired) electrons. The zero-order valence-electron chi connectivity index (χ0n) is 15.8. The molecule has 0 aliphatic carbocycles. The number of halogens is 2. The lowest BCUT2D eigenvalue weighted by molar-refractivity contribution is 0.516. The zero-order valence-corrected chi connectivity index (χ0v) is 16.5. The average molecular weight is 414 g/mol. The third-order valence-corrected chi connectivity index (χ3v) is 5.26. The molecule has 150 valence electrons. The zero-order chi connectivity index (χ0) is 20.2. The van der Waals surface area contributed by atoms with Crippen LogP contribution in [-0.4, -0.2) is 33.7 Å². The van der Waals surface area contributed by atoms with E-state index in [0.29, 0.717) is 23.6 Å². The second-order valence-corrected chi connectivity index (χ2v) is 7.54. The molecule has 0 saturated carbocycles. The summed E-state index contributed by atoms with van der Waals surface area (Å²) in [5, 5.41) is 4.08. The van der Waals surface area contributed by atoms with Gasteiger partial charge in [0.05, 0.1) is 6.54 Å². The summed E-state index contributed by atoms with van der Waals surface area (Å²) in [5.74, 6) is 0.218. The van der Waals surface area contributed by atoms with Crippen LogP contribution in [-0.2, 0) is 6.54 Å². The van der Waals surface area contributed by atoms with Crippen molar-refractivity contribution in [2.75, 3.05) is 23.3 Å².